The van der Waals surface area contributed by atoms with Crippen molar-refractivity contribution < 1.29 is 27.4 Å². The number of ether oxygens (including phenoxy) is 3. The Kier molecular flexibility index (Phi) is 8.93. The molecule has 0 bridgehead atoms. The summed E-state index contributed by atoms with van der Waals surface area (Å²) in [6.07, 6.45) is 1.06. The molecule has 3 aromatic rings. The number of benzene rings is 3. The number of nitrogens with zero attached hydrogens (tertiary/aromatic N) is 1. The Balaban J connectivity index is 1.51. The fraction of sp³-hybridized carbons (Fsp3) is 0.387. The molecule has 0 radical (unpaired) electrons. The molecule has 1 aliphatic rings. The molecule has 40 heavy (non-hydrogen) atoms. The summed E-state index contributed by atoms with van der Waals surface area (Å²) in [5, 5.41) is 2.82. The zero-order valence-corrected chi connectivity index (χ0v) is 24.6. The zero-order valence-electron chi connectivity index (χ0n) is 23.8. The van der Waals surface area contributed by atoms with Gasteiger partial charge in [-0.3, -0.25) is 9.10 Å². The Hall–Kier alpha value is -3.72. The number of aryl methyl sites for hydroxylation is 1. The minimum Gasteiger partial charge on any atom is -0.497 e. The molecule has 3 aromatic carbocycles. The molecule has 1 heterocycles. The van der Waals surface area contributed by atoms with E-state index in [-0.39, 0.29) is 30.0 Å². The van der Waals surface area contributed by atoms with E-state index in [2.05, 4.69) is 33.0 Å². The summed E-state index contributed by atoms with van der Waals surface area (Å²) in [6.45, 7) is 8.65. The van der Waals surface area contributed by atoms with Gasteiger partial charge in [0.05, 0.1) is 30.8 Å². The van der Waals surface area contributed by atoms with Crippen LogP contribution in [0.1, 0.15) is 45.2 Å². The van der Waals surface area contributed by atoms with Gasteiger partial charge in [0.25, 0.3) is 15.9 Å². The Bertz CT molecular complexity index is 1410. The third kappa shape index (κ3) is 6.70. The first kappa shape index (κ1) is 29.3. The van der Waals surface area contributed by atoms with Crippen molar-refractivity contribution in [3.63, 3.8) is 0 Å². The maximum atomic E-state index is 13.8. The molecule has 0 aromatic heterocycles. The average Bonchev–Trinajstić information content (AvgIpc) is 2.94. The van der Waals surface area contributed by atoms with Gasteiger partial charge in [0.2, 0.25) is 0 Å². The van der Waals surface area contributed by atoms with E-state index in [0.717, 1.165) is 24.2 Å². The maximum absolute atomic E-state index is 13.8. The highest BCUT2D eigenvalue weighted by molar-refractivity contribution is 7.92. The van der Waals surface area contributed by atoms with Crippen LogP contribution in [-0.4, -0.2) is 47.2 Å². The summed E-state index contributed by atoms with van der Waals surface area (Å²) in [5.74, 6) is 1.19. The molecular weight excluding hydrogens is 528 g/mol. The second-order valence-corrected chi connectivity index (χ2v) is 12.6. The molecule has 1 N–H and O–H groups in total. The summed E-state index contributed by atoms with van der Waals surface area (Å²) in [6, 6.07) is 19.6. The number of sulfonamides is 1. The molecule has 0 unspecified atom stereocenters. The summed E-state index contributed by atoms with van der Waals surface area (Å²) in [4.78, 5) is 13.2. The molecule has 1 aliphatic heterocycles. The second kappa shape index (κ2) is 12.2. The maximum Gasteiger partial charge on any atom is 0.264 e. The lowest BCUT2D eigenvalue weighted by atomic mass is 9.86. The third-order valence-corrected chi connectivity index (χ3v) is 8.56. The lowest BCUT2D eigenvalue weighted by Gasteiger charge is -2.36. The monoisotopic (exact) mass is 566 g/mol. The standard InChI is InChI=1S/C31H38N2O6S/c1-6-7-22-8-11-25(12-9-22)38-19-18-32-30(34)29-21-33(40(35,36)26-15-13-24(37-5)14-16-26)27-20-23(31(2,3)4)10-17-28(27)39-29/h8-17,20,29H,6-7,18-19,21H2,1-5H3,(H,32,34)/t29-/m1/s1. The Labute approximate surface area is 237 Å². The Morgan fingerprint density at radius 2 is 1.70 bits per heavy atom. The van der Waals surface area contributed by atoms with Crippen LogP contribution >= 0.6 is 0 Å². The summed E-state index contributed by atoms with van der Waals surface area (Å²) < 4.78 is 45.9. The van der Waals surface area contributed by atoms with E-state index >= 15 is 0 Å². The number of nitrogens with one attached hydrogen (secondary N) is 1. The number of carbonyl (C=O) groups excluding carboxylic acids is 1. The zero-order chi connectivity index (χ0) is 28.9. The van der Waals surface area contributed by atoms with Gasteiger partial charge in [0, 0.05) is 0 Å². The SMILES string of the molecule is CCCc1ccc(OCCNC(=O)[C@H]2CN(S(=O)(=O)c3ccc(OC)cc3)c3cc(C(C)(C)C)ccc3O2)cc1. The van der Waals surface area contributed by atoms with Crippen molar-refractivity contribution in [2.75, 3.05) is 31.1 Å². The van der Waals surface area contributed by atoms with Gasteiger partial charge in [-0.05, 0) is 71.5 Å². The van der Waals surface area contributed by atoms with Gasteiger partial charge in [-0.2, -0.15) is 0 Å². The summed E-state index contributed by atoms with van der Waals surface area (Å²) >= 11 is 0. The van der Waals surface area contributed by atoms with E-state index in [1.54, 1.807) is 18.2 Å². The molecule has 8 nitrogen and oxygen atoms in total. The molecular formula is C31H38N2O6S. The van der Waals surface area contributed by atoms with Crippen LogP contribution in [0.15, 0.2) is 71.6 Å². The number of carbonyl (C=O) groups is 1. The molecule has 0 aliphatic carbocycles. The Morgan fingerprint density at radius 1 is 1.02 bits per heavy atom. The van der Waals surface area contributed by atoms with Crippen molar-refractivity contribution in [3.05, 3.63) is 77.9 Å². The van der Waals surface area contributed by atoms with Crippen molar-refractivity contribution >= 4 is 21.6 Å². The van der Waals surface area contributed by atoms with Crippen molar-refractivity contribution in [2.24, 2.45) is 0 Å². The first-order valence-electron chi connectivity index (χ1n) is 13.5. The van der Waals surface area contributed by atoms with E-state index in [9.17, 15) is 13.2 Å². The van der Waals surface area contributed by atoms with Gasteiger partial charge in [0.15, 0.2) is 6.10 Å². The predicted molar refractivity (Wildman–Crippen MR) is 156 cm³/mol. The van der Waals surface area contributed by atoms with E-state index < -0.39 is 22.0 Å². The average molecular weight is 567 g/mol. The molecule has 1 amide bonds. The largest absolute Gasteiger partial charge is 0.497 e. The van der Waals surface area contributed by atoms with Crippen LogP contribution in [0.3, 0.4) is 0 Å². The summed E-state index contributed by atoms with van der Waals surface area (Å²) in [5.41, 5.74) is 2.39. The van der Waals surface area contributed by atoms with E-state index in [4.69, 9.17) is 14.2 Å². The van der Waals surface area contributed by atoms with E-state index in [1.807, 2.05) is 36.4 Å². The molecule has 214 valence electrons. The first-order valence-corrected chi connectivity index (χ1v) is 14.9. The van der Waals surface area contributed by atoms with Crippen molar-refractivity contribution in [3.8, 4) is 17.2 Å². The molecule has 0 fully saturated rings. The van der Waals surface area contributed by atoms with E-state index in [1.165, 1.54) is 29.1 Å². The first-order chi connectivity index (χ1) is 19.0. The van der Waals surface area contributed by atoms with E-state index in [0.29, 0.717) is 17.2 Å². The lowest BCUT2D eigenvalue weighted by molar-refractivity contribution is -0.127. The predicted octanol–water partition coefficient (Wildman–Crippen LogP) is 5.10. The minimum absolute atomic E-state index is 0.0971. The van der Waals surface area contributed by atoms with Crippen molar-refractivity contribution in [2.45, 2.75) is 57.0 Å². The van der Waals surface area contributed by atoms with Crippen LogP contribution in [-0.2, 0) is 26.7 Å². The van der Waals surface area contributed by atoms with Gasteiger partial charge in [-0.15, -0.1) is 0 Å². The Morgan fingerprint density at radius 3 is 2.33 bits per heavy atom. The molecule has 9 heteroatoms. The van der Waals surface area contributed by atoms with Crippen LogP contribution < -0.4 is 23.8 Å². The fourth-order valence-electron chi connectivity index (χ4n) is 4.45. The second-order valence-electron chi connectivity index (χ2n) is 10.8. The third-order valence-electron chi connectivity index (χ3n) is 6.77. The number of anilines is 1. The van der Waals surface area contributed by atoms with Gasteiger partial charge in [-0.1, -0.05) is 52.3 Å². The van der Waals surface area contributed by atoms with Crippen LogP contribution in [0.25, 0.3) is 0 Å². The fourth-order valence-corrected chi connectivity index (χ4v) is 5.92. The topological polar surface area (TPSA) is 94.2 Å². The lowest BCUT2D eigenvalue weighted by Crippen LogP contribution is -2.51. The van der Waals surface area contributed by atoms with Gasteiger partial charge in [-0.25, -0.2) is 8.42 Å². The molecule has 0 saturated carbocycles. The van der Waals surface area contributed by atoms with Crippen LogP contribution in [0, 0.1) is 0 Å². The highest BCUT2D eigenvalue weighted by Crippen LogP contribution is 2.40. The number of methoxy groups -OCH3 is 1. The number of rotatable bonds is 10. The van der Waals surface area contributed by atoms with Crippen LogP contribution in [0.5, 0.6) is 17.2 Å². The van der Waals surface area contributed by atoms with Gasteiger partial charge >= 0.3 is 0 Å². The normalized spacial score (nSPS) is 15.1. The van der Waals surface area contributed by atoms with Crippen LogP contribution in [0.4, 0.5) is 5.69 Å². The van der Waals surface area contributed by atoms with Crippen LogP contribution in [0.2, 0.25) is 0 Å². The number of amides is 1. The quantitative estimate of drug-likeness (QED) is 0.344. The highest BCUT2D eigenvalue weighted by Gasteiger charge is 2.38. The minimum atomic E-state index is -4.01. The van der Waals surface area contributed by atoms with Gasteiger partial charge < -0.3 is 19.5 Å². The van der Waals surface area contributed by atoms with Gasteiger partial charge in [0.1, 0.15) is 23.9 Å². The number of fused-ring (bicyclic) bond motifs is 1. The summed E-state index contributed by atoms with van der Waals surface area (Å²) in [7, 11) is -2.48. The van der Waals surface area contributed by atoms with Crippen molar-refractivity contribution in [1.29, 1.82) is 0 Å². The molecule has 0 spiro atoms. The van der Waals surface area contributed by atoms with Crippen molar-refractivity contribution in [1.82, 2.24) is 5.32 Å². The molecule has 4 rings (SSSR count). The molecule has 0 saturated heterocycles. The number of hydrogen-bond acceptors (Lipinski definition) is 6. The molecule has 1 atom stereocenters. The smallest absolute Gasteiger partial charge is 0.264 e. The number of hydrogen-bond donors (Lipinski definition) is 1. The highest BCUT2D eigenvalue weighted by atomic mass is 32.2.